The number of carboxylic acids is 1. The van der Waals surface area contributed by atoms with Gasteiger partial charge in [-0.25, -0.2) is 4.98 Å². The molecule has 204 valence electrons. The highest BCUT2D eigenvalue weighted by Crippen LogP contribution is 2.33. The second-order valence-electron chi connectivity index (χ2n) is 8.12. The maximum atomic E-state index is 13.4. The number of benzene rings is 3. The number of carbonyl (C=O) groups is 3. The van der Waals surface area contributed by atoms with Crippen molar-refractivity contribution in [1.29, 1.82) is 0 Å². The smallest absolute Gasteiger partial charge is 0.417 e. The molecule has 0 unspecified atom stereocenters. The van der Waals surface area contributed by atoms with Gasteiger partial charge in [0, 0.05) is 16.4 Å². The number of halogens is 5. The molecule has 1 aromatic heterocycles. The van der Waals surface area contributed by atoms with Gasteiger partial charge >= 0.3 is 12.1 Å². The zero-order valence-corrected chi connectivity index (χ0v) is 21.5. The van der Waals surface area contributed by atoms with Crippen LogP contribution < -0.4 is 16.0 Å². The largest absolute Gasteiger partial charge is 0.480 e. The zero-order valence-electron chi connectivity index (χ0n) is 19.9. The van der Waals surface area contributed by atoms with E-state index in [-0.39, 0.29) is 40.6 Å². The van der Waals surface area contributed by atoms with E-state index in [1.165, 1.54) is 24.3 Å². The van der Waals surface area contributed by atoms with E-state index in [1.54, 1.807) is 25.1 Å². The molecular weight excluding hydrogens is 562 g/mol. The fourth-order valence-electron chi connectivity index (χ4n) is 3.67. The van der Waals surface area contributed by atoms with E-state index >= 15 is 0 Å². The third kappa shape index (κ3) is 6.59. The van der Waals surface area contributed by atoms with Crippen molar-refractivity contribution in [2.75, 3.05) is 22.5 Å². The lowest BCUT2D eigenvalue weighted by Crippen LogP contribution is -2.19. The Morgan fingerprint density at radius 1 is 1.00 bits per heavy atom. The van der Waals surface area contributed by atoms with E-state index in [4.69, 9.17) is 16.7 Å². The fourth-order valence-corrected chi connectivity index (χ4v) is 3.84. The van der Waals surface area contributed by atoms with Crippen LogP contribution >= 0.6 is 24.0 Å². The number of anilines is 3. The van der Waals surface area contributed by atoms with E-state index in [2.05, 4.69) is 25.9 Å². The van der Waals surface area contributed by atoms with Crippen LogP contribution in [-0.2, 0) is 11.0 Å². The van der Waals surface area contributed by atoms with Gasteiger partial charge in [0.2, 0.25) is 5.95 Å². The first-order valence-corrected chi connectivity index (χ1v) is 11.4. The van der Waals surface area contributed by atoms with Gasteiger partial charge in [0.1, 0.15) is 12.1 Å². The number of hydrogen-bond acceptors (Lipinski definition) is 5. The Balaban J connectivity index is 0.00000420. The lowest BCUT2D eigenvalue weighted by atomic mass is 10.1. The molecule has 3 aromatic carbocycles. The summed E-state index contributed by atoms with van der Waals surface area (Å²) in [5, 5.41) is 17.0. The van der Waals surface area contributed by atoms with Gasteiger partial charge in [-0.2, -0.15) is 13.2 Å². The van der Waals surface area contributed by atoms with Crippen molar-refractivity contribution in [3.8, 4) is 0 Å². The standard InChI is InChI=1S/C25H19ClF3N5O4.ClH/c1-12-17(26)7-4-8-18(12)32-23(38)15-9-13(10-19-21(15)34-24(33-19)30-11-20(35)36)31-22(37)14-5-2-3-6-16(14)25(27,28)29;/h2-10H,11H2,1H3,(H,31,37)(H,32,38)(H,35,36)(H2,30,33,34);1H. The van der Waals surface area contributed by atoms with Crippen LogP contribution in [0.25, 0.3) is 11.0 Å². The third-order valence-corrected chi connectivity index (χ3v) is 5.90. The lowest BCUT2D eigenvalue weighted by molar-refractivity contribution is -0.138. The summed E-state index contributed by atoms with van der Waals surface area (Å²) in [5.41, 5.74) is -0.413. The summed E-state index contributed by atoms with van der Waals surface area (Å²) in [4.78, 5) is 44.1. The molecule has 39 heavy (non-hydrogen) atoms. The Labute approximate surface area is 230 Å². The highest BCUT2D eigenvalue weighted by Gasteiger charge is 2.35. The molecule has 0 spiro atoms. The molecule has 0 saturated carbocycles. The van der Waals surface area contributed by atoms with Crippen LogP contribution in [0.2, 0.25) is 5.02 Å². The average Bonchev–Trinajstić information content (AvgIpc) is 3.27. The summed E-state index contributed by atoms with van der Waals surface area (Å²) in [7, 11) is 0. The molecule has 0 saturated heterocycles. The van der Waals surface area contributed by atoms with Gasteiger partial charge in [0.25, 0.3) is 11.8 Å². The van der Waals surface area contributed by atoms with Crippen LogP contribution in [0.1, 0.15) is 31.8 Å². The predicted molar refractivity (Wildman–Crippen MR) is 143 cm³/mol. The van der Waals surface area contributed by atoms with Crippen molar-refractivity contribution in [3.05, 3.63) is 81.9 Å². The van der Waals surface area contributed by atoms with Crippen LogP contribution in [0.5, 0.6) is 0 Å². The molecule has 0 atom stereocenters. The Bertz CT molecular complexity index is 1570. The molecule has 0 fully saturated rings. The third-order valence-electron chi connectivity index (χ3n) is 5.49. The number of H-pyrrole nitrogens is 1. The molecule has 0 aliphatic carbocycles. The number of amides is 2. The molecule has 5 N–H and O–H groups in total. The minimum atomic E-state index is -4.76. The van der Waals surface area contributed by atoms with Crippen molar-refractivity contribution in [1.82, 2.24) is 9.97 Å². The van der Waals surface area contributed by atoms with E-state index < -0.39 is 41.6 Å². The van der Waals surface area contributed by atoms with Gasteiger partial charge < -0.3 is 26.0 Å². The number of aromatic amines is 1. The number of alkyl halides is 3. The van der Waals surface area contributed by atoms with Gasteiger partial charge in [-0.15, -0.1) is 12.4 Å². The Morgan fingerprint density at radius 3 is 2.38 bits per heavy atom. The first-order chi connectivity index (χ1) is 17.9. The number of rotatable bonds is 7. The quantitative estimate of drug-likeness (QED) is 0.182. The monoisotopic (exact) mass is 581 g/mol. The van der Waals surface area contributed by atoms with Crippen LogP contribution in [-0.4, -0.2) is 39.4 Å². The fraction of sp³-hybridized carbons (Fsp3) is 0.120. The molecule has 2 amide bonds. The number of hydrogen-bond donors (Lipinski definition) is 5. The number of nitrogens with one attached hydrogen (secondary N) is 4. The number of fused-ring (bicyclic) bond motifs is 1. The summed E-state index contributed by atoms with van der Waals surface area (Å²) < 4.78 is 40.3. The maximum absolute atomic E-state index is 13.4. The highest BCUT2D eigenvalue weighted by molar-refractivity contribution is 6.31. The molecule has 0 aliphatic rings. The van der Waals surface area contributed by atoms with Crippen molar-refractivity contribution >= 4 is 70.1 Å². The van der Waals surface area contributed by atoms with Gasteiger partial charge in [-0.1, -0.05) is 29.8 Å². The minimum Gasteiger partial charge on any atom is -0.480 e. The predicted octanol–water partition coefficient (Wildman–Crippen LogP) is 5.97. The molecule has 14 heteroatoms. The van der Waals surface area contributed by atoms with Gasteiger partial charge in [0.15, 0.2) is 0 Å². The maximum Gasteiger partial charge on any atom is 0.417 e. The van der Waals surface area contributed by atoms with Crippen LogP contribution in [0, 0.1) is 6.92 Å². The summed E-state index contributed by atoms with van der Waals surface area (Å²) in [6, 6.07) is 11.8. The van der Waals surface area contributed by atoms with E-state index in [9.17, 15) is 27.6 Å². The average molecular weight is 582 g/mol. The normalized spacial score (nSPS) is 11.0. The molecule has 1 heterocycles. The number of nitrogens with zero attached hydrogens (tertiary/aromatic N) is 1. The number of imidazole rings is 1. The Kier molecular flexibility index (Phi) is 8.72. The lowest BCUT2D eigenvalue weighted by Gasteiger charge is -2.14. The van der Waals surface area contributed by atoms with E-state index in [0.29, 0.717) is 16.3 Å². The summed E-state index contributed by atoms with van der Waals surface area (Å²) in [6.07, 6.45) is -4.76. The topological polar surface area (TPSA) is 136 Å². The number of aliphatic carboxylic acids is 1. The minimum absolute atomic E-state index is 0. The SMILES string of the molecule is Cc1c(Cl)cccc1NC(=O)c1cc(NC(=O)c2ccccc2C(F)(F)F)cc2[nH]c(NCC(=O)O)nc12.Cl. The van der Waals surface area contributed by atoms with Crippen molar-refractivity contribution in [2.45, 2.75) is 13.1 Å². The first-order valence-electron chi connectivity index (χ1n) is 11.0. The molecule has 4 aromatic rings. The van der Waals surface area contributed by atoms with Crippen LogP contribution in [0.15, 0.2) is 54.6 Å². The van der Waals surface area contributed by atoms with Crippen molar-refractivity contribution in [2.24, 2.45) is 0 Å². The molecule has 0 aliphatic heterocycles. The number of carboxylic acid groups (broad SMARTS) is 1. The molecule has 9 nitrogen and oxygen atoms in total. The molecule has 0 bridgehead atoms. The van der Waals surface area contributed by atoms with Gasteiger partial charge in [0.05, 0.1) is 22.2 Å². The van der Waals surface area contributed by atoms with E-state index in [0.717, 1.165) is 12.1 Å². The Morgan fingerprint density at radius 2 is 1.69 bits per heavy atom. The second kappa shape index (κ2) is 11.6. The molecule has 4 rings (SSSR count). The van der Waals surface area contributed by atoms with Crippen LogP contribution in [0.4, 0.5) is 30.5 Å². The molecule has 0 radical (unpaired) electrons. The van der Waals surface area contributed by atoms with Gasteiger partial charge in [-0.3, -0.25) is 14.4 Å². The first kappa shape index (κ1) is 29.3. The second-order valence-corrected chi connectivity index (χ2v) is 8.52. The number of carbonyl (C=O) groups excluding carboxylic acids is 2. The Hall–Kier alpha value is -4.29. The summed E-state index contributed by atoms with van der Waals surface area (Å²) in [6.45, 7) is 1.23. The van der Waals surface area contributed by atoms with E-state index in [1.807, 2.05) is 0 Å². The van der Waals surface area contributed by atoms with Crippen LogP contribution in [0.3, 0.4) is 0 Å². The summed E-state index contributed by atoms with van der Waals surface area (Å²) in [5.74, 6) is -2.82. The zero-order chi connectivity index (χ0) is 27.6. The molecular formula is C25H20Cl2F3N5O4. The highest BCUT2D eigenvalue weighted by atomic mass is 35.5. The van der Waals surface area contributed by atoms with Gasteiger partial charge in [-0.05, 0) is 48.9 Å². The summed E-state index contributed by atoms with van der Waals surface area (Å²) >= 11 is 6.14. The van der Waals surface area contributed by atoms with Crippen molar-refractivity contribution in [3.63, 3.8) is 0 Å². The van der Waals surface area contributed by atoms with Crippen molar-refractivity contribution < 1.29 is 32.7 Å². The number of aromatic nitrogens is 2.